The summed E-state index contributed by atoms with van der Waals surface area (Å²) in [5, 5.41) is 7.06. The first kappa shape index (κ1) is 31.1. The molecule has 0 atom stereocenters. The summed E-state index contributed by atoms with van der Waals surface area (Å²) in [6, 6.07) is 0. The number of nitrogens with one attached hydrogen (secondary N) is 2. The summed E-state index contributed by atoms with van der Waals surface area (Å²) in [5.41, 5.74) is -5.65. The zero-order valence-corrected chi connectivity index (χ0v) is 18.0. The fourth-order valence-corrected chi connectivity index (χ4v) is 2.39. The Morgan fingerprint density at radius 2 is 0.931 bits per heavy atom. The van der Waals surface area contributed by atoms with Gasteiger partial charge in [0.25, 0.3) is 0 Å². The van der Waals surface area contributed by atoms with Gasteiger partial charge in [-0.15, -0.1) is 0 Å². The molecule has 2 rings (SSSR count). The summed E-state index contributed by atoms with van der Waals surface area (Å²) < 4.78 is 93.0. The minimum Gasteiger partial charge on any atom is -0.759 e. The van der Waals surface area contributed by atoms with Crippen molar-refractivity contribution in [2.24, 2.45) is 0 Å². The molecule has 0 aromatic rings. The molecule has 29 heavy (non-hydrogen) atoms. The third-order valence-electron chi connectivity index (χ3n) is 3.65. The summed E-state index contributed by atoms with van der Waals surface area (Å²) in [7, 11) is -11.3. The SMILES string of the molecule is C1CN2CCNCCN(C1)CCNCC2.O=S(=O)([O-])C(F)(F)F.O=S(=O)([O-])[O-].[Co+3]. The van der Waals surface area contributed by atoms with Crippen LogP contribution in [0.2, 0.25) is 0 Å². The predicted octanol–water partition coefficient (Wildman–Crippen LogP) is -2.10. The van der Waals surface area contributed by atoms with Crippen molar-refractivity contribution in [1.82, 2.24) is 20.4 Å². The molecule has 17 heteroatoms. The van der Waals surface area contributed by atoms with Crippen molar-refractivity contribution in [2.45, 2.75) is 11.9 Å². The van der Waals surface area contributed by atoms with Crippen molar-refractivity contribution < 1.29 is 60.4 Å². The van der Waals surface area contributed by atoms with E-state index in [1.165, 1.54) is 45.7 Å². The Labute approximate surface area is 178 Å². The fraction of sp³-hybridized carbons (Fsp3) is 1.00. The number of halogens is 3. The maximum atomic E-state index is 10.7. The van der Waals surface area contributed by atoms with Crippen molar-refractivity contribution in [3.8, 4) is 0 Å². The number of fused-ring (bicyclic) bond motifs is 4. The van der Waals surface area contributed by atoms with Gasteiger partial charge in [-0.1, -0.05) is 0 Å². The molecule has 0 radical (unpaired) electrons. The van der Waals surface area contributed by atoms with E-state index in [1.807, 2.05) is 0 Å². The second-order valence-electron chi connectivity index (χ2n) is 5.84. The van der Waals surface area contributed by atoms with Crippen LogP contribution in [-0.2, 0) is 37.3 Å². The maximum Gasteiger partial charge on any atom is 3.00 e. The van der Waals surface area contributed by atoms with E-state index in [1.54, 1.807) is 0 Å². The summed E-state index contributed by atoms with van der Waals surface area (Å²) >= 11 is 0. The molecule has 2 N–H and O–H groups in total. The van der Waals surface area contributed by atoms with Gasteiger partial charge in [0.1, 0.15) is 0 Å². The van der Waals surface area contributed by atoms with E-state index in [-0.39, 0.29) is 16.8 Å². The summed E-state index contributed by atoms with van der Waals surface area (Å²) in [4.78, 5) is 5.16. The second-order valence-corrected chi connectivity index (χ2v) is 8.03. The molecule has 2 fully saturated rings. The van der Waals surface area contributed by atoms with Gasteiger partial charge in [0, 0.05) is 62.8 Å². The minimum absolute atomic E-state index is 0. The molecule has 2 bridgehead atoms. The Morgan fingerprint density at radius 1 is 0.690 bits per heavy atom. The van der Waals surface area contributed by atoms with Gasteiger partial charge in [0.2, 0.25) is 0 Å². The number of alkyl halides is 3. The van der Waals surface area contributed by atoms with Crippen LogP contribution >= 0.6 is 0 Å². The summed E-state index contributed by atoms with van der Waals surface area (Å²) in [5.74, 6) is 0. The molecule has 0 amide bonds. The molecule has 0 aromatic carbocycles. The van der Waals surface area contributed by atoms with Crippen LogP contribution in [0.1, 0.15) is 6.42 Å². The van der Waals surface area contributed by atoms with E-state index >= 15 is 0 Å². The van der Waals surface area contributed by atoms with E-state index in [4.69, 9.17) is 30.5 Å². The van der Waals surface area contributed by atoms with Crippen molar-refractivity contribution in [2.75, 3.05) is 65.4 Å². The zero-order chi connectivity index (χ0) is 21.8. The third kappa shape index (κ3) is 19.6. The van der Waals surface area contributed by atoms with Crippen LogP contribution in [0.25, 0.3) is 0 Å². The molecule has 0 saturated carbocycles. The van der Waals surface area contributed by atoms with Crippen LogP contribution in [0.3, 0.4) is 0 Å². The monoisotopic (exact) mass is 516 g/mol. The molecule has 11 nitrogen and oxygen atoms in total. The zero-order valence-electron chi connectivity index (χ0n) is 15.3. The molecule has 2 heterocycles. The molecular formula is C12H24CoF3N4O7S2. The summed E-state index contributed by atoms with van der Waals surface area (Å²) in [6.45, 7) is 12.0. The molecule has 2 saturated heterocycles. The first-order valence-electron chi connectivity index (χ1n) is 8.25. The molecule has 2 aliphatic rings. The van der Waals surface area contributed by atoms with Crippen LogP contribution in [0.4, 0.5) is 13.2 Å². The van der Waals surface area contributed by atoms with E-state index in [0.717, 1.165) is 26.2 Å². The van der Waals surface area contributed by atoms with Gasteiger partial charge >= 0.3 is 22.3 Å². The molecule has 0 aromatic heterocycles. The van der Waals surface area contributed by atoms with E-state index in [0.29, 0.717) is 0 Å². The molecular weight excluding hydrogens is 492 g/mol. The molecule has 0 spiro atoms. The van der Waals surface area contributed by atoms with Crippen LogP contribution in [0.15, 0.2) is 0 Å². The largest absolute Gasteiger partial charge is 3.00 e. The molecule has 2 aliphatic heterocycles. The Kier molecular flexibility index (Phi) is 15.9. The topological polar surface area (TPSA) is 168 Å². The number of nitrogens with zero attached hydrogens (tertiary/aromatic N) is 2. The van der Waals surface area contributed by atoms with Crippen LogP contribution in [0, 0.1) is 0 Å². The number of hydrogen-bond acceptors (Lipinski definition) is 11. The number of rotatable bonds is 0. The fourth-order valence-electron chi connectivity index (χ4n) is 2.39. The van der Waals surface area contributed by atoms with Crippen molar-refractivity contribution in [1.29, 1.82) is 0 Å². The normalized spacial score (nSPS) is 24.1. The Morgan fingerprint density at radius 3 is 1.14 bits per heavy atom. The van der Waals surface area contributed by atoms with Crippen molar-refractivity contribution in [3.63, 3.8) is 0 Å². The van der Waals surface area contributed by atoms with Gasteiger partial charge in [0.05, 0.1) is 0 Å². The standard InChI is InChI=1S/C11H24N4.CHF3O3S.Co.H2O4S/c1-6-14-8-2-12-3-9-15(7-1)11-5-13-4-10-14;2-1(3,4)8(5,6)7;;1-5(2,3)4/h12-13H,1-11H2;(H,5,6,7);;(H2,1,2,3,4)/q;;+3;/p-3. The summed E-state index contributed by atoms with van der Waals surface area (Å²) in [6.07, 6.45) is 1.33. The van der Waals surface area contributed by atoms with E-state index in [9.17, 15) is 13.2 Å². The van der Waals surface area contributed by atoms with Crippen LogP contribution in [-0.4, -0.2) is 111 Å². The van der Waals surface area contributed by atoms with E-state index in [2.05, 4.69) is 20.4 Å². The van der Waals surface area contributed by atoms with Gasteiger partial charge in [0.15, 0.2) is 10.1 Å². The van der Waals surface area contributed by atoms with Gasteiger partial charge in [-0.05, 0) is 19.5 Å². The van der Waals surface area contributed by atoms with Gasteiger partial charge in [-0.25, -0.2) is 8.42 Å². The van der Waals surface area contributed by atoms with Gasteiger partial charge in [-0.2, -0.15) is 13.2 Å². The first-order chi connectivity index (χ1) is 12.7. The van der Waals surface area contributed by atoms with Gasteiger partial charge < -0.3 is 34.1 Å². The van der Waals surface area contributed by atoms with Crippen molar-refractivity contribution in [3.05, 3.63) is 0 Å². The Hall–Kier alpha value is -0.0835. The predicted molar refractivity (Wildman–Crippen MR) is 89.5 cm³/mol. The minimum atomic E-state index is -6.09. The maximum absolute atomic E-state index is 10.7. The van der Waals surface area contributed by atoms with E-state index < -0.39 is 26.0 Å². The van der Waals surface area contributed by atoms with Crippen molar-refractivity contribution >= 4 is 20.5 Å². The smallest absolute Gasteiger partial charge is 0.759 e. The molecule has 0 unspecified atom stereocenters. The average molecular weight is 516 g/mol. The Balaban J connectivity index is 0. The third-order valence-corrected chi connectivity index (χ3v) is 4.22. The van der Waals surface area contributed by atoms with Crippen LogP contribution < -0.4 is 10.6 Å². The first-order valence-corrected chi connectivity index (χ1v) is 11.0. The number of hydrogen-bond donors (Lipinski definition) is 2. The van der Waals surface area contributed by atoms with Crippen LogP contribution in [0.5, 0.6) is 0 Å². The average Bonchev–Trinajstić information content (AvgIpc) is 2.50. The second kappa shape index (κ2) is 14.8. The quantitative estimate of drug-likeness (QED) is 0.206. The molecule has 176 valence electrons. The Bertz CT molecular complexity index is 600. The molecule has 0 aliphatic carbocycles. The van der Waals surface area contributed by atoms with Gasteiger partial charge in [-0.3, -0.25) is 8.42 Å².